The molecular weight excluding hydrogens is 336 g/mol. The predicted molar refractivity (Wildman–Crippen MR) is 98.0 cm³/mol. The van der Waals surface area contributed by atoms with Gasteiger partial charge in [-0.15, -0.1) is 11.3 Å². The van der Waals surface area contributed by atoms with E-state index in [0.717, 1.165) is 11.3 Å². The molecule has 0 unspecified atom stereocenters. The lowest BCUT2D eigenvalue weighted by Crippen LogP contribution is -2.27. The van der Waals surface area contributed by atoms with E-state index in [0.29, 0.717) is 27.9 Å². The van der Waals surface area contributed by atoms with Crippen LogP contribution in [0.25, 0.3) is 10.8 Å². The van der Waals surface area contributed by atoms with Crippen molar-refractivity contribution in [1.29, 1.82) is 5.26 Å². The van der Waals surface area contributed by atoms with Crippen molar-refractivity contribution in [2.45, 2.75) is 26.8 Å². The number of carbonyl (C=O) groups excluding carboxylic acids is 1. The van der Waals surface area contributed by atoms with E-state index in [2.05, 4.69) is 16.5 Å². The molecule has 1 N–H and O–H groups in total. The van der Waals surface area contributed by atoms with Crippen LogP contribution in [0.1, 0.15) is 34.8 Å². The molecule has 7 heteroatoms. The minimum atomic E-state index is -0.431. The maximum Gasteiger partial charge on any atom is 0.277 e. The highest BCUT2D eigenvalue weighted by atomic mass is 32.1. The Morgan fingerprint density at radius 3 is 2.68 bits per heavy atom. The van der Waals surface area contributed by atoms with Gasteiger partial charge in [-0.3, -0.25) is 9.59 Å². The third-order valence-corrected chi connectivity index (χ3v) is 5.06. The molecular formula is C18H16N4O2S. The molecule has 0 atom stereocenters. The summed E-state index contributed by atoms with van der Waals surface area (Å²) in [4.78, 5) is 26.2. The first kappa shape index (κ1) is 16.9. The second kappa shape index (κ2) is 6.87. The highest BCUT2D eigenvalue weighted by Gasteiger charge is 2.18. The lowest BCUT2D eigenvalue weighted by molar-refractivity contribution is 0.102. The van der Waals surface area contributed by atoms with Gasteiger partial charge in [0.15, 0.2) is 5.69 Å². The number of nitriles is 1. The lowest BCUT2D eigenvalue weighted by Gasteiger charge is -2.09. The van der Waals surface area contributed by atoms with Crippen LogP contribution >= 0.6 is 11.3 Å². The van der Waals surface area contributed by atoms with E-state index in [1.807, 2.05) is 6.92 Å². The maximum atomic E-state index is 12.8. The fourth-order valence-corrected chi connectivity index (χ4v) is 3.51. The Morgan fingerprint density at radius 1 is 1.32 bits per heavy atom. The molecule has 0 aliphatic carbocycles. The van der Waals surface area contributed by atoms with E-state index >= 15 is 0 Å². The largest absolute Gasteiger partial charge is 0.311 e. The van der Waals surface area contributed by atoms with Crippen LogP contribution in [0.2, 0.25) is 0 Å². The van der Waals surface area contributed by atoms with E-state index in [9.17, 15) is 14.9 Å². The van der Waals surface area contributed by atoms with Gasteiger partial charge >= 0.3 is 0 Å². The average molecular weight is 352 g/mol. The van der Waals surface area contributed by atoms with Crippen LogP contribution in [0.5, 0.6) is 0 Å². The molecule has 3 aromatic rings. The molecule has 2 heterocycles. The van der Waals surface area contributed by atoms with E-state index in [1.165, 1.54) is 16.0 Å². The van der Waals surface area contributed by atoms with Crippen molar-refractivity contribution in [3.8, 4) is 6.07 Å². The van der Waals surface area contributed by atoms with Crippen LogP contribution in [0.4, 0.5) is 5.00 Å². The van der Waals surface area contributed by atoms with Crippen LogP contribution in [0, 0.1) is 11.3 Å². The Bertz CT molecular complexity index is 1060. The molecule has 25 heavy (non-hydrogen) atoms. The number of thiophene rings is 1. The molecule has 0 spiro atoms. The minimum Gasteiger partial charge on any atom is -0.311 e. The van der Waals surface area contributed by atoms with E-state index < -0.39 is 5.91 Å². The molecule has 0 aliphatic heterocycles. The Labute approximate surface area is 148 Å². The number of anilines is 1. The molecule has 1 amide bonds. The molecule has 0 saturated heterocycles. The van der Waals surface area contributed by atoms with Crippen molar-refractivity contribution in [2.24, 2.45) is 0 Å². The van der Waals surface area contributed by atoms with Crippen molar-refractivity contribution in [1.82, 2.24) is 9.78 Å². The van der Waals surface area contributed by atoms with Gasteiger partial charge in [-0.05, 0) is 25.5 Å². The zero-order valence-electron chi connectivity index (χ0n) is 13.9. The van der Waals surface area contributed by atoms with Gasteiger partial charge in [-0.25, -0.2) is 4.68 Å². The molecule has 0 fully saturated rings. The monoisotopic (exact) mass is 352 g/mol. The number of rotatable bonds is 4. The summed E-state index contributed by atoms with van der Waals surface area (Å²) in [5.74, 6) is -0.431. The Balaban J connectivity index is 2.09. The Morgan fingerprint density at radius 2 is 2.04 bits per heavy atom. The summed E-state index contributed by atoms with van der Waals surface area (Å²) in [5, 5.41) is 17.7. The van der Waals surface area contributed by atoms with Gasteiger partial charge in [-0.1, -0.05) is 25.1 Å². The second-order valence-electron chi connectivity index (χ2n) is 5.39. The number of aryl methyl sites for hydroxylation is 2. The number of aromatic nitrogens is 2. The van der Waals surface area contributed by atoms with Gasteiger partial charge in [0.1, 0.15) is 11.1 Å². The zero-order chi connectivity index (χ0) is 18.0. The third kappa shape index (κ3) is 3.04. The van der Waals surface area contributed by atoms with Crippen molar-refractivity contribution in [3.63, 3.8) is 0 Å². The highest BCUT2D eigenvalue weighted by molar-refractivity contribution is 7.16. The summed E-state index contributed by atoms with van der Waals surface area (Å²) in [6, 6.07) is 10.8. The molecule has 0 aliphatic rings. The number of fused-ring (bicyclic) bond motifs is 1. The topological polar surface area (TPSA) is 87.8 Å². The zero-order valence-corrected chi connectivity index (χ0v) is 14.7. The maximum absolute atomic E-state index is 12.8. The number of carbonyl (C=O) groups is 1. The standard InChI is InChI=1S/C18H16N4O2S/c1-3-12-9-11(10-19)17(25-12)20-16(23)15-13-7-5-6-8-14(13)18(24)22(4-2)21-15/h5-9H,3-4H2,1-2H3,(H,20,23). The summed E-state index contributed by atoms with van der Waals surface area (Å²) >= 11 is 1.37. The van der Waals surface area contributed by atoms with Crippen LogP contribution in [0.15, 0.2) is 35.1 Å². The van der Waals surface area contributed by atoms with Crippen molar-refractivity contribution in [2.75, 3.05) is 5.32 Å². The number of hydrogen-bond acceptors (Lipinski definition) is 5. The predicted octanol–water partition coefficient (Wildman–Crippen LogP) is 3.16. The summed E-state index contributed by atoms with van der Waals surface area (Å²) in [6.45, 7) is 4.16. The van der Waals surface area contributed by atoms with Gasteiger partial charge in [0.25, 0.3) is 11.5 Å². The Kier molecular flexibility index (Phi) is 4.63. The van der Waals surface area contributed by atoms with Gasteiger partial charge in [0.05, 0.1) is 10.9 Å². The normalized spacial score (nSPS) is 10.6. The average Bonchev–Trinajstić information content (AvgIpc) is 3.04. The van der Waals surface area contributed by atoms with Crippen LogP contribution < -0.4 is 10.9 Å². The number of hydrogen-bond donors (Lipinski definition) is 1. The van der Waals surface area contributed by atoms with Crippen LogP contribution in [0.3, 0.4) is 0 Å². The van der Waals surface area contributed by atoms with Gasteiger partial charge in [0.2, 0.25) is 0 Å². The number of nitrogens with one attached hydrogen (secondary N) is 1. The molecule has 126 valence electrons. The molecule has 6 nitrogen and oxygen atoms in total. The summed E-state index contributed by atoms with van der Waals surface area (Å²) < 4.78 is 1.27. The van der Waals surface area contributed by atoms with E-state index in [1.54, 1.807) is 37.3 Å². The lowest BCUT2D eigenvalue weighted by atomic mass is 10.1. The van der Waals surface area contributed by atoms with Gasteiger partial charge in [0, 0.05) is 16.8 Å². The number of nitrogens with zero attached hydrogens (tertiary/aromatic N) is 3. The quantitative estimate of drug-likeness (QED) is 0.781. The van der Waals surface area contributed by atoms with Gasteiger partial charge < -0.3 is 5.32 Å². The molecule has 2 aromatic heterocycles. The third-order valence-electron chi connectivity index (χ3n) is 3.86. The van der Waals surface area contributed by atoms with Crippen LogP contribution in [-0.4, -0.2) is 15.7 Å². The van der Waals surface area contributed by atoms with Crippen molar-refractivity contribution >= 4 is 33.0 Å². The van der Waals surface area contributed by atoms with E-state index in [4.69, 9.17) is 0 Å². The molecule has 0 saturated carbocycles. The minimum absolute atomic E-state index is 0.174. The van der Waals surface area contributed by atoms with Gasteiger partial charge in [-0.2, -0.15) is 10.4 Å². The highest BCUT2D eigenvalue weighted by Crippen LogP contribution is 2.28. The fourth-order valence-electron chi connectivity index (χ4n) is 2.57. The SMILES string of the molecule is CCc1cc(C#N)c(NC(=O)c2nn(CC)c(=O)c3ccccc23)s1. The molecule has 1 aromatic carbocycles. The van der Waals surface area contributed by atoms with E-state index in [-0.39, 0.29) is 11.3 Å². The summed E-state index contributed by atoms with van der Waals surface area (Å²) in [7, 11) is 0. The fraction of sp³-hybridized carbons (Fsp3) is 0.222. The number of benzene rings is 1. The second-order valence-corrected chi connectivity index (χ2v) is 6.53. The Hall–Kier alpha value is -2.98. The molecule has 0 radical (unpaired) electrons. The molecule has 0 bridgehead atoms. The first-order chi connectivity index (χ1) is 12.1. The van der Waals surface area contributed by atoms with Crippen molar-refractivity contribution in [3.05, 3.63) is 56.8 Å². The smallest absolute Gasteiger partial charge is 0.277 e. The first-order valence-corrected chi connectivity index (χ1v) is 8.74. The van der Waals surface area contributed by atoms with Crippen LogP contribution in [-0.2, 0) is 13.0 Å². The summed E-state index contributed by atoms with van der Waals surface area (Å²) in [6.07, 6.45) is 0.789. The summed E-state index contributed by atoms with van der Waals surface area (Å²) in [5.41, 5.74) is 0.382. The molecule has 3 rings (SSSR count). The number of amides is 1. The van der Waals surface area contributed by atoms with Crippen molar-refractivity contribution < 1.29 is 4.79 Å². The first-order valence-electron chi connectivity index (χ1n) is 7.93.